The van der Waals surface area contributed by atoms with Crippen LogP contribution in [0, 0.1) is 6.92 Å². The van der Waals surface area contributed by atoms with Gasteiger partial charge < -0.3 is 19.9 Å². The van der Waals surface area contributed by atoms with E-state index in [2.05, 4.69) is 63.5 Å². The molecule has 0 aliphatic carbocycles. The minimum absolute atomic E-state index is 0.0450. The lowest BCUT2D eigenvalue weighted by molar-refractivity contribution is 0.217. The summed E-state index contributed by atoms with van der Waals surface area (Å²) in [6.07, 6.45) is 0. The van der Waals surface area contributed by atoms with Crippen molar-refractivity contribution < 1.29 is 14.6 Å². The molecule has 4 aromatic rings. The van der Waals surface area contributed by atoms with E-state index in [1.165, 1.54) is 20.9 Å². The summed E-state index contributed by atoms with van der Waals surface area (Å²) in [4.78, 5) is 13.8. The van der Waals surface area contributed by atoms with Gasteiger partial charge in [-0.2, -0.15) is 0 Å². The first-order valence-electron chi connectivity index (χ1n) is 11.6. The number of hydrogen-bond donors (Lipinski definition) is 2. The Hall–Kier alpha value is -3.20. The summed E-state index contributed by atoms with van der Waals surface area (Å²) in [6, 6.07) is 16.7. The van der Waals surface area contributed by atoms with E-state index in [1.54, 1.807) is 25.6 Å². The summed E-state index contributed by atoms with van der Waals surface area (Å²) < 4.78 is 10.9. The van der Waals surface area contributed by atoms with Crippen LogP contribution >= 0.6 is 11.3 Å². The predicted octanol–water partition coefficient (Wildman–Crippen LogP) is 5.28. The summed E-state index contributed by atoms with van der Waals surface area (Å²) in [5.41, 5.74) is 3.27. The number of methoxy groups -OCH3 is 2. The highest BCUT2D eigenvalue weighted by Gasteiger charge is 2.17. The number of aromatic nitrogens is 2. The van der Waals surface area contributed by atoms with Crippen LogP contribution in [0.2, 0.25) is 0 Å². The zero-order chi connectivity index (χ0) is 24.9. The van der Waals surface area contributed by atoms with Crippen LogP contribution in [0.15, 0.2) is 48.5 Å². The Morgan fingerprint density at radius 2 is 1.80 bits per heavy atom. The normalized spacial score (nSPS) is 12.2. The molecule has 0 bridgehead atoms. The van der Waals surface area contributed by atoms with Gasteiger partial charge in [0.1, 0.15) is 11.6 Å². The van der Waals surface area contributed by atoms with E-state index in [4.69, 9.17) is 9.47 Å². The molecule has 35 heavy (non-hydrogen) atoms. The molecule has 2 heterocycles. The van der Waals surface area contributed by atoms with Crippen molar-refractivity contribution >= 4 is 28.1 Å². The number of aliphatic hydroxyl groups excluding tert-OH is 1. The third kappa shape index (κ3) is 5.56. The maximum Gasteiger partial charge on any atom is 0.162 e. The number of aliphatic hydroxyl groups is 1. The molecule has 0 fully saturated rings. The van der Waals surface area contributed by atoms with Gasteiger partial charge in [0.2, 0.25) is 0 Å². The Morgan fingerprint density at radius 1 is 1.06 bits per heavy atom. The SMILES string of the molecule is COc1cc2nc(C)nc(NC(C)c3ccc(-c4ccccc4CN(C)CCO)s3)c2cc1OC. The Labute approximate surface area is 210 Å². The highest BCUT2D eigenvalue weighted by atomic mass is 32.1. The number of hydrogen-bond acceptors (Lipinski definition) is 8. The first-order valence-corrected chi connectivity index (χ1v) is 12.4. The smallest absolute Gasteiger partial charge is 0.162 e. The van der Waals surface area contributed by atoms with Crippen LogP contribution in [0.4, 0.5) is 5.82 Å². The van der Waals surface area contributed by atoms with E-state index in [0.717, 1.165) is 23.3 Å². The van der Waals surface area contributed by atoms with Crippen molar-refractivity contribution in [2.45, 2.75) is 26.4 Å². The zero-order valence-corrected chi connectivity index (χ0v) is 21.6. The van der Waals surface area contributed by atoms with Crippen molar-refractivity contribution in [1.29, 1.82) is 0 Å². The van der Waals surface area contributed by atoms with E-state index in [0.29, 0.717) is 23.9 Å². The molecular weight excluding hydrogens is 460 g/mol. The van der Waals surface area contributed by atoms with Crippen LogP contribution in [0.25, 0.3) is 21.3 Å². The molecule has 4 rings (SSSR count). The maximum atomic E-state index is 9.26. The highest BCUT2D eigenvalue weighted by Crippen LogP contribution is 2.37. The number of aryl methyl sites for hydroxylation is 1. The van der Waals surface area contributed by atoms with Crippen molar-refractivity contribution in [2.24, 2.45) is 0 Å². The minimum Gasteiger partial charge on any atom is -0.493 e. The van der Waals surface area contributed by atoms with Crippen molar-refractivity contribution in [3.05, 3.63) is 64.8 Å². The average molecular weight is 493 g/mol. The topological polar surface area (TPSA) is 79.7 Å². The summed E-state index contributed by atoms with van der Waals surface area (Å²) in [5, 5.41) is 13.7. The molecule has 0 radical (unpaired) electrons. The van der Waals surface area contributed by atoms with E-state index in [-0.39, 0.29) is 12.6 Å². The first kappa shape index (κ1) is 24.9. The van der Waals surface area contributed by atoms with Gasteiger partial charge in [-0.25, -0.2) is 9.97 Å². The standard InChI is InChI=1S/C27H32N4O3S/c1-17(28-27-21-14-23(33-4)24(34-5)15-22(21)29-18(2)30-27)25-10-11-26(35-25)20-9-7-6-8-19(20)16-31(3)12-13-32/h6-11,14-15,17,32H,12-13,16H2,1-5H3,(H,28,29,30). The fourth-order valence-corrected chi connectivity index (χ4v) is 5.20. The molecule has 0 spiro atoms. The Bertz CT molecular complexity index is 1310. The molecule has 0 amide bonds. The molecule has 2 aromatic carbocycles. The second-order valence-electron chi connectivity index (χ2n) is 8.53. The molecule has 0 saturated heterocycles. The number of fused-ring (bicyclic) bond motifs is 1. The monoisotopic (exact) mass is 492 g/mol. The largest absolute Gasteiger partial charge is 0.493 e. The quantitative estimate of drug-likeness (QED) is 0.312. The number of ether oxygens (including phenoxy) is 2. The van der Waals surface area contributed by atoms with E-state index < -0.39 is 0 Å². The molecule has 184 valence electrons. The van der Waals surface area contributed by atoms with Crippen LogP contribution in [-0.2, 0) is 6.54 Å². The van der Waals surface area contributed by atoms with Crippen LogP contribution in [-0.4, -0.2) is 54.4 Å². The van der Waals surface area contributed by atoms with Gasteiger partial charge in [-0.1, -0.05) is 24.3 Å². The first-order chi connectivity index (χ1) is 16.9. The van der Waals surface area contributed by atoms with E-state index >= 15 is 0 Å². The predicted molar refractivity (Wildman–Crippen MR) is 143 cm³/mol. The summed E-state index contributed by atoms with van der Waals surface area (Å²) >= 11 is 1.77. The Kier molecular flexibility index (Phi) is 7.85. The number of likely N-dealkylation sites (N-methyl/N-ethyl adjacent to an activating group) is 1. The van der Waals surface area contributed by atoms with Gasteiger partial charge >= 0.3 is 0 Å². The molecule has 1 unspecified atom stereocenters. The van der Waals surface area contributed by atoms with Gasteiger partial charge in [-0.15, -0.1) is 11.3 Å². The molecule has 0 aliphatic rings. The number of anilines is 1. The summed E-state index contributed by atoms with van der Waals surface area (Å²) in [5.74, 6) is 2.74. The molecule has 2 aromatic heterocycles. The Morgan fingerprint density at radius 3 is 2.54 bits per heavy atom. The highest BCUT2D eigenvalue weighted by molar-refractivity contribution is 7.15. The average Bonchev–Trinajstić information content (AvgIpc) is 3.34. The Balaban J connectivity index is 1.62. The molecule has 8 heteroatoms. The fraction of sp³-hybridized carbons (Fsp3) is 0.333. The van der Waals surface area contributed by atoms with Gasteiger partial charge in [0.25, 0.3) is 0 Å². The van der Waals surface area contributed by atoms with Gasteiger partial charge in [-0.05, 0) is 50.2 Å². The molecule has 0 saturated carbocycles. The number of rotatable bonds is 10. The second kappa shape index (κ2) is 11.0. The fourth-order valence-electron chi connectivity index (χ4n) is 4.13. The lowest BCUT2D eigenvalue weighted by Gasteiger charge is -2.18. The minimum atomic E-state index is 0.0450. The van der Waals surface area contributed by atoms with Crippen LogP contribution in [0.5, 0.6) is 11.5 Å². The van der Waals surface area contributed by atoms with Crippen LogP contribution in [0.1, 0.15) is 29.2 Å². The van der Waals surface area contributed by atoms with Crippen molar-refractivity contribution in [3.8, 4) is 21.9 Å². The lowest BCUT2D eigenvalue weighted by Crippen LogP contribution is -2.21. The lowest BCUT2D eigenvalue weighted by atomic mass is 10.1. The number of nitrogens with zero attached hydrogens (tertiary/aromatic N) is 3. The van der Waals surface area contributed by atoms with Crippen LogP contribution in [0.3, 0.4) is 0 Å². The van der Waals surface area contributed by atoms with Crippen molar-refractivity contribution in [1.82, 2.24) is 14.9 Å². The molecule has 0 aliphatic heterocycles. The number of thiophene rings is 1. The third-order valence-corrected chi connectivity index (χ3v) is 7.23. The van der Waals surface area contributed by atoms with Crippen molar-refractivity contribution in [3.63, 3.8) is 0 Å². The van der Waals surface area contributed by atoms with Gasteiger partial charge in [-0.3, -0.25) is 4.90 Å². The maximum absolute atomic E-state index is 9.26. The number of benzene rings is 2. The van der Waals surface area contributed by atoms with E-state index in [1.807, 2.05) is 26.1 Å². The number of nitrogens with one attached hydrogen (secondary N) is 1. The molecule has 7 nitrogen and oxygen atoms in total. The van der Waals surface area contributed by atoms with Gasteiger partial charge in [0, 0.05) is 34.3 Å². The summed E-state index contributed by atoms with van der Waals surface area (Å²) in [7, 11) is 5.27. The third-order valence-electron chi connectivity index (χ3n) is 5.92. The van der Waals surface area contributed by atoms with E-state index in [9.17, 15) is 5.11 Å². The summed E-state index contributed by atoms with van der Waals surface area (Å²) in [6.45, 7) is 5.62. The van der Waals surface area contributed by atoms with Crippen molar-refractivity contribution in [2.75, 3.05) is 39.7 Å². The van der Waals surface area contributed by atoms with Gasteiger partial charge in [0.05, 0.1) is 32.4 Å². The molecular formula is C27H32N4O3S. The second-order valence-corrected chi connectivity index (χ2v) is 9.65. The van der Waals surface area contributed by atoms with Crippen LogP contribution < -0.4 is 14.8 Å². The van der Waals surface area contributed by atoms with Gasteiger partial charge in [0.15, 0.2) is 11.5 Å². The molecule has 1 atom stereocenters. The molecule has 2 N–H and O–H groups in total. The zero-order valence-electron chi connectivity index (χ0n) is 20.8.